The molecule has 3 aromatic rings. The number of H-pyrrole nitrogens is 1. The maximum Gasteiger partial charge on any atom is 0.252 e. The molecule has 0 bridgehead atoms. The van der Waals surface area contributed by atoms with Gasteiger partial charge in [-0.15, -0.1) is 0 Å². The van der Waals surface area contributed by atoms with E-state index in [1.807, 2.05) is 50.2 Å². The van der Waals surface area contributed by atoms with Crippen molar-refractivity contribution in [3.05, 3.63) is 70.0 Å². The number of ether oxygens (including phenoxy) is 1. The number of hydrogen-bond donors (Lipinski definition) is 2. The quantitative estimate of drug-likeness (QED) is 0.767. The Morgan fingerprint density at radius 1 is 1.00 bits per heavy atom. The molecule has 0 saturated carbocycles. The van der Waals surface area contributed by atoms with E-state index in [-0.39, 0.29) is 5.56 Å². The van der Waals surface area contributed by atoms with Gasteiger partial charge >= 0.3 is 0 Å². The highest BCUT2D eigenvalue weighted by atomic mass is 16.5. The van der Waals surface area contributed by atoms with Gasteiger partial charge in [0.15, 0.2) is 0 Å². The largest absolute Gasteiger partial charge is 0.497 e. The van der Waals surface area contributed by atoms with E-state index < -0.39 is 0 Å². The van der Waals surface area contributed by atoms with Gasteiger partial charge < -0.3 is 10.1 Å². The number of methoxy groups -OCH3 is 1. The number of aromatic nitrogens is 2. The zero-order valence-electron chi connectivity index (χ0n) is 13.9. The maximum atomic E-state index is 12.0. The summed E-state index contributed by atoms with van der Waals surface area (Å²) in [4.78, 5) is 19.2. The number of benzene rings is 2. The molecule has 0 unspecified atom stereocenters. The summed E-state index contributed by atoms with van der Waals surface area (Å²) in [6, 6.07) is 15.0. The molecule has 3 rings (SSSR count). The minimum atomic E-state index is -0.206. The van der Waals surface area contributed by atoms with E-state index in [1.165, 1.54) is 6.07 Å². The number of anilines is 2. The Labute approximate surface area is 140 Å². The number of aromatic amines is 1. The van der Waals surface area contributed by atoms with E-state index in [1.54, 1.807) is 7.11 Å². The molecule has 0 atom stereocenters. The molecular formula is C19H19N3O2. The third-order valence-electron chi connectivity index (χ3n) is 3.61. The highest BCUT2D eigenvalue weighted by Crippen LogP contribution is 2.22. The fourth-order valence-electron chi connectivity index (χ4n) is 2.61. The lowest BCUT2D eigenvalue weighted by Crippen LogP contribution is -2.10. The third-order valence-corrected chi connectivity index (χ3v) is 3.61. The minimum Gasteiger partial charge on any atom is -0.497 e. The predicted molar refractivity (Wildman–Crippen MR) is 96.0 cm³/mol. The van der Waals surface area contributed by atoms with Crippen molar-refractivity contribution in [1.82, 2.24) is 9.97 Å². The van der Waals surface area contributed by atoms with Gasteiger partial charge in [0, 0.05) is 17.3 Å². The van der Waals surface area contributed by atoms with Gasteiger partial charge in [0.1, 0.15) is 5.75 Å². The Morgan fingerprint density at radius 3 is 2.29 bits per heavy atom. The molecule has 1 heterocycles. The number of nitrogens with one attached hydrogen (secondary N) is 2. The molecule has 0 fully saturated rings. The lowest BCUT2D eigenvalue weighted by atomic mass is 10.1. The molecule has 1 aromatic heterocycles. The van der Waals surface area contributed by atoms with Gasteiger partial charge in [0.25, 0.3) is 5.56 Å². The zero-order chi connectivity index (χ0) is 17.1. The van der Waals surface area contributed by atoms with Gasteiger partial charge in [0.2, 0.25) is 5.95 Å². The van der Waals surface area contributed by atoms with Gasteiger partial charge in [-0.05, 0) is 61.4 Å². The predicted octanol–water partition coefficient (Wildman–Crippen LogP) is 3.81. The molecule has 0 aliphatic carbocycles. The summed E-state index contributed by atoms with van der Waals surface area (Å²) < 4.78 is 5.15. The number of hydrogen-bond acceptors (Lipinski definition) is 4. The van der Waals surface area contributed by atoms with Crippen LogP contribution < -0.4 is 15.6 Å². The molecule has 0 aliphatic heterocycles. The first kappa shape index (κ1) is 15.8. The zero-order valence-corrected chi connectivity index (χ0v) is 13.9. The van der Waals surface area contributed by atoms with Crippen molar-refractivity contribution in [2.75, 3.05) is 12.4 Å². The molecule has 5 heteroatoms. The molecule has 2 N–H and O–H groups in total. The van der Waals surface area contributed by atoms with Gasteiger partial charge in [-0.1, -0.05) is 6.07 Å². The average molecular weight is 321 g/mol. The van der Waals surface area contributed by atoms with Crippen molar-refractivity contribution in [1.29, 1.82) is 0 Å². The average Bonchev–Trinajstić information content (AvgIpc) is 2.53. The molecular weight excluding hydrogens is 302 g/mol. The van der Waals surface area contributed by atoms with Crippen LogP contribution in [0.1, 0.15) is 11.1 Å². The summed E-state index contributed by atoms with van der Waals surface area (Å²) >= 11 is 0. The second-order valence-corrected chi connectivity index (χ2v) is 5.71. The van der Waals surface area contributed by atoms with Gasteiger partial charge in [-0.2, -0.15) is 0 Å². The van der Waals surface area contributed by atoms with Crippen molar-refractivity contribution in [2.45, 2.75) is 13.8 Å². The fourth-order valence-corrected chi connectivity index (χ4v) is 2.61. The Balaban J connectivity index is 1.94. The molecule has 2 aromatic carbocycles. The van der Waals surface area contributed by atoms with E-state index in [2.05, 4.69) is 21.4 Å². The summed E-state index contributed by atoms with van der Waals surface area (Å²) in [6.07, 6.45) is 0. The highest BCUT2D eigenvalue weighted by Gasteiger charge is 2.06. The number of aryl methyl sites for hydroxylation is 2. The molecule has 122 valence electrons. The molecule has 0 spiro atoms. The second-order valence-electron chi connectivity index (χ2n) is 5.71. The Morgan fingerprint density at radius 2 is 1.67 bits per heavy atom. The lowest BCUT2D eigenvalue weighted by Gasteiger charge is -2.09. The van der Waals surface area contributed by atoms with Gasteiger partial charge in [-0.25, -0.2) is 4.98 Å². The third kappa shape index (κ3) is 3.63. The topological polar surface area (TPSA) is 67.0 Å². The standard InChI is InChI=1S/C19H19N3O2/c1-12-8-13(2)10-15(9-12)20-19-21-17(11-18(23)22-19)14-4-6-16(24-3)7-5-14/h4-11H,1-3H3,(H2,20,21,22,23). The first-order chi connectivity index (χ1) is 11.5. The summed E-state index contributed by atoms with van der Waals surface area (Å²) in [5, 5.41) is 3.17. The molecule has 0 saturated heterocycles. The number of rotatable bonds is 4. The SMILES string of the molecule is COc1ccc(-c2cc(=O)[nH]c(Nc3cc(C)cc(C)c3)n2)cc1. The molecule has 5 nitrogen and oxygen atoms in total. The van der Waals surface area contributed by atoms with Crippen LogP contribution in [0.25, 0.3) is 11.3 Å². The van der Waals surface area contributed by atoms with E-state index in [4.69, 9.17) is 4.74 Å². The van der Waals surface area contributed by atoms with E-state index >= 15 is 0 Å². The van der Waals surface area contributed by atoms with Gasteiger partial charge in [0.05, 0.1) is 12.8 Å². The molecule has 0 radical (unpaired) electrons. The maximum absolute atomic E-state index is 12.0. The van der Waals surface area contributed by atoms with Crippen molar-refractivity contribution in [3.8, 4) is 17.0 Å². The van der Waals surface area contributed by atoms with Crippen LogP contribution in [0.5, 0.6) is 5.75 Å². The van der Waals surface area contributed by atoms with E-state index in [0.717, 1.165) is 28.1 Å². The minimum absolute atomic E-state index is 0.206. The smallest absolute Gasteiger partial charge is 0.252 e. The van der Waals surface area contributed by atoms with E-state index in [0.29, 0.717) is 11.6 Å². The summed E-state index contributed by atoms with van der Waals surface area (Å²) in [5.74, 6) is 1.18. The molecule has 0 amide bonds. The summed E-state index contributed by atoms with van der Waals surface area (Å²) in [6.45, 7) is 4.06. The number of nitrogens with zero attached hydrogens (tertiary/aromatic N) is 1. The Hall–Kier alpha value is -3.08. The van der Waals surface area contributed by atoms with Gasteiger partial charge in [-0.3, -0.25) is 9.78 Å². The van der Waals surface area contributed by atoms with Crippen LogP contribution in [0.4, 0.5) is 11.6 Å². The molecule has 0 aliphatic rings. The molecule has 24 heavy (non-hydrogen) atoms. The van der Waals surface area contributed by atoms with Crippen LogP contribution in [0.2, 0.25) is 0 Å². The van der Waals surface area contributed by atoms with Crippen molar-refractivity contribution < 1.29 is 4.74 Å². The first-order valence-electron chi connectivity index (χ1n) is 7.64. The van der Waals surface area contributed by atoms with E-state index in [9.17, 15) is 4.79 Å². The summed E-state index contributed by atoms with van der Waals surface area (Å²) in [5.41, 5.74) is 4.43. The van der Waals surface area contributed by atoms with Crippen LogP contribution in [-0.4, -0.2) is 17.1 Å². The summed E-state index contributed by atoms with van der Waals surface area (Å²) in [7, 11) is 1.62. The van der Waals surface area contributed by atoms with Crippen LogP contribution in [-0.2, 0) is 0 Å². The Bertz CT molecular complexity index is 894. The lowest BCUT2D eigenvalue weighted by molar-refractivity contribution is 0.415. The fraction of sp³-hybridized carbons (Fsp3) is 0.158. The van der Waals surface area contributed by atoms with Crippen LogP contribution >= 0.6 is 0 Å². The highest BCUT2D eigenvalue weighted by molar-refractivity contribution is 5.63. The van der Waals surface area contributed by atoms with Crippen LogP contribution in [0, 0.1) is 13.8 Å². The van der Waals surface area contributed by atoms with Crippen molar-refractivity contribution in [2.24, 2.45) is 0 Å². The van der Waals surface area contributed by atoms with Crippen LogP contribution in [0.3, 0.4) is 0 Å². The van der Waals surface area contributed by atoms with Crippen LogP contribution in [0.15, 0.2) is 53.3 Å². The monoisotopic (exact) mass is 321 g/mol. The van der Waals surface area contributed by atoms with Crippen molar-refractivity contribution >= 4 is 11.6 Å². The van der Waals surface area contributed by atoms with Crippen molar-refractivity contribution in [3.63, 3.8) is 0 Å². The normalized spacial score (nSPS) is 10.5. The first-order valence-corrected chi connectivity index (χ1v) is 7.64. The Kier molecular flexibility index (Phi) is 4.33. The second kappa shape index (κ2) is 6.58.